The molecule has 0 saturated heterocycles. The molecule has 1 aliphatic rings. The Morgan fingerprint density at radius 3 is 2.71 bits per heavy atom. The second kappa shape index (κ2) is 5.11. The number of benzene rings is 1. The van der Waals surface area contributed by atoms with Gasteiger partial charge in [-0.1, -0.05) is 0 Å². The molecule has 1 aliphatic heterocycles. The van der Waals surface area contributed by atoms with Gasteiger partial charge in [-0.05, 0) is 6.07 Å². The fourth-order valence-electron chi connectivity index (χ4n) is 1.56. The lowest BCUT2D eigenvalue weighted by Crippen LogP contribution is -2.41. The molecule has 0 radical (unpaired) electrons. The van der Waals surface area contributed by atoms with Crippen LogP contribution in [0.15, 0.2) is 12.1 Å². The van der Waals surface area contributed by atoms with Crippen molar-refractivity contribution in [3.63, 3.8) is 0 Å². The molecule has 2 rings (SSSR count). The van der Waals surface area contributed by atoms with Crippen molar-refractivity contribution in [2.24, 2.45) is 0 Å². The van der Waals surface area contributed by atoms with Crippen LogP contribution in [0.2, 0.25) is 0 Å². The molecule has 1 heterocycles. The third kappa shape index (κ3) is 2.83. The first-order chi connectivity index (χ1) is 9.71. The number of nitrogens with two attached hydrogens (primary N) is 1. The van der Waals surface area contributed by atoms with Crippen LogP contribution < -0.4 is 21.1 Å². The fraction of sp³-hybridized carbons (Fsp3) is 0.273. The molecule has 0 aliphatic carbocycles. The number of ether oxygens (including phenoxy) is 1. The largest absolute Gasteiger partial charge is 0.482 e. The normalized spacial score (nSPS) is 14.2. The summed E-state index contributed by atoms with van der Waals surface area (Å²) in [7, 11) is 0. The van der Waals surface area contributed by atoms with Crippen LogP contribution in [0.4, 0.5) is 34.6 Å². The summed E-state index contributed by atoms with van der Waals surface area (Å²) in [4.78, 5) is 22.3. The predicted molar refractivity (Wildman–Crippen MR) is 64.6 cm³/mol. The summed E-state index contributed by atoms with van der Waals surface area (Å²) in [6.45, 7) is -0.248. The van der Waals surface area contributed by atoms with E-state index in [1.54, 1.807) is 5.32 Å². The minimum absolute atomic E-state index is 0.0797. The van der Waals surface area contributed by atoms with Crippen LogP contribution in [0.25, 0.3) is 0 Å². The summed E-state index contributed by atoms with van der Waals surface area (Å²) in [6.07, 6.45) is -4.15. The predicted octanol–water partition coefficient (Wildman–Crippen LogP) is 1.44. The molecule has 1 aromatic rings. The summed E-state index contributed by atoms with van der Waals surface area (Å²) < 4.78 is 54.9. The van der Waals surface area contributed by atoms with Gasteiger partial charge >= 0.3 is 18.3 Å². The molecule has 4 N–H and O–H groups in total. The highest BCUT2D eigenvalue weighted by Gasteiger charge is 2.49. The van der Waals surface area contributed by atoms with Crippen molar-refractivity contribution in [1.29, 1.82) is 0 Å². The van der Waals surface area contributed by atoms with Crippen LogP contribution in [0.1, 0.15) is 0 Å². The van der Waals surface area contributed by atoms with Crippen LogP contribution >= 0.6 is 0 Å². The Hall–Kier alpha value is -2.52. The van der Waals surface area contributed by atoms with Gasteiger partial charge in [0, 0.05) is 6.07 Å². The SMILES string of the molecule is Nc1cc2c(cc1NC(=O)C(F)(F)C(F)F)NC(=O)CO2. The Bertz CT molecular complexity index is 607. The van der Waals surface area contributed by atoms with Crippen molar-refractivity contribution in [2.45, 2.75) is 12.3 Å². The van der Waals surface area contributed by atoms with E-state index >= 15 is 0 Å². The number of anilines is 3. The van der Waals surface area contributed by atoms with Crippen molar-refractivity contribution in [3.8, 4) is 5.75 Å². The van der Waals surface area contributed by atoms with Gasteiger partial charge < -0.3 is 21.1 Å². The van der Waals surface area contributed by atoms with Gasteiger partial charge in [-0.2, -0.15) is 8.78 Å². The van der Waals surface area contributed by atoms with Crippen molar-refractivity contribution < 1.29 is 31.9 Å². The molecule has 0 unspecified atom stereocenters. The number of fused-ring (bicyclic) bond motifs is 1. The number of carbonyl (C=O) groups excluding carboxylic acids is 2. The number of nitrogen functional groups attached to an aromatic ring is 1. The number of alkyl halides is 4. The first-order valence-corrected chi connectivity index (χ1v) is 5.55. The molecule has 1 aromatic carbocycles. The Morgan fingerprint density at radius 2 is 2.10 bits per heavy atom. The number of hydrogen-bond donors (Lipinski definition) is 3. The molecule has 0 bridgehead atoms. The molecular formula is C11H9F4N3O3. The Balaban J connectivity index is 2.27. The van der Waals surface area contributed by atoms with E-state index in [0.717, 1.165) is 6.07 Å². The van der Waals surface area contributed by atoms with Crippen LogP contribution in [0.3, 0.4) is 0 Å². The quantitative estimate of drug-likeness (QED) is 0.582. The molecule has 6 nitrogen and oxygen atoms in total. The third-order valence-corrected chi connectivity index (χ3v) is 2.61. The van der Waals surface area contributed by atoms with Gasteiger partial charge in [0.15, 0.2) is 6.61 Å². The third-order valence-electron chi connectivity index (χ3n) is 2.61. The molecule has 0 spiro atoms. The van der Waals surface area contributed by atoms with Gasteiger partial charge in [-0.3, -0.25) is 9.59 Å². The standard InChI is InChI=1S/C11H9F4N3O3/c12-9(13)11(14,15)10(20)18-5-2-6-7(1-4(5)16)21-3-8(19)17-6/h1-2,9H,3,16H2,(H,17,19)(H,18,20). The maximum absolute atomic E-state index is 12.9. The average Bonchev–Trinajstić information content (AvgIpc) is 2.39. The van der Waals surface area contributed by atoms with Gasteiger partial charge in [0.25, 0.3) is 5.91 Å². The van der Waals surface area contributed by atoms with E-state index in [0.29, 0.717) is 0 Å². The highest BCUT2D eigenvalue weighted by molar-refractivity contribution is 6.02. The molecule has 10 heteroatoms. The van der Waals surface area contributed by atoms with Crippen LogP contribution in [0, 0.1) is 0 Å². The van der Waals surface area contributed by atoms with E-state index in [4.69, 9.17) is 10.5 Å². The van der Waals surface area contributed by atoms with Gasteiger partial charge in [-0.15, -0.1) is 0 Å². The molecular weight excluding hydrogens is 298 g/mol. The first-order valence-electron chi connectivity index (χ1n) is 5.55. The van der Waals surface area contributed by atoms with Crippen molar-refractivity contribution >= 4 is 28.9 Å². The topological polar surface area (TPSA) is 93.5 Å². The smallest absolute Gasteiger partial charge is 0.383 e. The van der Waals surface area contributed by atoms with Gasteiger partial charge in [-0.25, -0.2) is 8.78 Å². The minimum Gasteiger partial charge on any atom is -0.482 e. The second-order valence-corrected chi connectivity index (χ2v) is 4.15. The summed E-state index contributed by atoms with van der Waals surface area (Å²) in [6, 6.07) is 2.21. The van der Waals surface area contributed by atoms with Gasteiger partial charge in [0.1, 0.15) is 5.75 Å². The van der Waals surface area contributed by atoms with Crippen LogP contribution in [-0.2, 0) is 9.59 Å². The fourth-order valence-corrected chi connectivity index (χ4v) is 1.56. The maximum atomic E-state index is 12.9. The van der Waals surface area contributed by atoms with Gasteiger partial charge in [0.2, 0.25) is 0 Å². The molecule has 21 heavy (non-hydrogen) atoms. The van der Waals surface area contributed by atoms with E-state index in [2.05, 4.69) is 5.32 Å². The molecule has 0 fully saturated rings. The van der Waals surface area contributed by atoms with Crippen molar-refractivity contribution in [1.82, 2.24) is 0 Å². The number of rotatable bonds is 3. The summed E-state index contributed by atoms with van der Waals surface area (Å²) in [5, 5.41) is 3.95. The molecule has 0 aromatic heterocycles. The number of halogens is 4. The molecule has 114 valence electrons. The highest BCUT2D eigenvalue weighted by atomic mass is 19.3. The number of hydrogen-bond acceptors (Lipinski definition) is 4. The number of carbonyl (C=O) groups is 2. The molecule has 0 atom stereocenters. The van der Waals surface area contributed by atoms with Crippen molar-refractivity contribution in [3.05, 3.63) is 12.1 Å². The zero-order valence-electron chi connectivity index (χ0n) is 10.3. The Morgan fingerprint density at radius 1 is 1.43 bits per heavy atom. The van der Waals surface area contributed by atoms with E-state index < -0.39 is 24.2 Å². The first kappa shape index (κ1) is 14.9. The lowest BCUT2D eigenvalue weighted by molar-refractivity contribution is -0.163. The summed E-state index contributed by atoms with van der Waals surface area (Å²) in [5.41, 5.74) is 5.07. The van der Waals surface area contributed by atoms with Gasteiger partial charge in [0.05, 0.1) is 17.1 Å². The Labute approximate surface area is 115 Å². The summed E-state index contributed by atoms with van der Waals surface area (Å²) >= 11 is 0. The zero-order chi connectivity index (χ0) is 15.8. The van der Waals surface area contributed by atoms with E-state index in [1.165, 1.54) is 6.07 Å². The number of nitrogens with one attached hydrogen (secondary N) is 2. The van der Waals surface area contributed by atoms with Crippen LogP contribution in [0.5, 0.6) is 5.75 Å². The highest BCUT2D eigenvalue weighted by Crippen LogP contribution is 2.36. The molecule has 2 amide bonds. The molecule has 0 saturated carbocycles. The lowest BCUT2D eigenvalue weighted by Gasteiger charge is -2.21. The zero-order valence-corrected chi connectivity index (χ0v) is 10.3. The van der Waals surface area contributed by atoms with E-state index in [9.17, 15) is 27.2 Å². The van der Waals surface area contributed by atoms with E-state index in [1.807, 2.05) is 0 Å². The summed E-state index contributed by atoms with van der Waals surface area (Å²) in [5.74, 6) is -7.39. The second-order valence-electron chi connectivity index (χ2n) is 4.15. The van der Waals surface area contributed by atoms with E-state index in [-0.39, 0.29) is 29.4 Å². The minimum atomic E-state index is -4.86. The van der Waals surface area contributed by atoms with Crippen LogP contribution in [-0.4, -0.2) is 30.8 Å². The van der Waals surface area contributed by atoms with Crippen molar-refractivity contribution in [2.75, 3.05) is 23.0 Å². The Kier molecular flexibility index (Phi) is 3.62. The monoisotopic (exact) mass is 307 g/mol. The number of amides is 2. The lowest BCUT2D eigenvalue weighted by atomic mass is 10.2. The average molecular weight is 307 g/mol. The maximum Gasteiger partial charge on any atom is 0.383 e.